The SMILES string of the molecule is COCCN(Cc1ccccc1)C(=O)COc1cccc(C)c1. The standard InChI is InChI=1S/C19H23NO3/c1-16-7-6-10-18(13-16)23-15-19(21)20(11-12-22-2)14-17-8-4-3-5-9-17/h3-10,13H,11-12,14-15H2,1-2H3. The summed E-state index contributed by atoms with van der Waals surface area (Å²) in [6.07, 6.45) is 0. The Morgan fingerprint density at radius 3 is 2.57 bits per heavy atom. The average Bonchev–Trinajstić information content (AvgIpc) is 2.57. The Bertz CT molecular complexity index is 613. The van der Waals surface area contributed by atoms with Gasteiger partial charge >= 0.3 is 0 Å². The Morgan fingerprint density at radius 1 is 1.09 bits per heavy atom. The molecule has 2 rings (SSSR count). The van der Waals surface area contributed by atoms with Gasteiger partial charge in [0.25, 0.3) is 5.91 Å². The molecule has 0 fully saturated rings. The van der Waals surface area contributed by atoms with Crippen molar-refractivity contribution in [3.05, 3.63) is 65.7 Å². The van der Waals surface area contributed by atoms with Gasteiger partial charge in [-0.1, -0.05) is 42.5 Å². The van der Waals surface area contributed by atoms with E-state index in [2.05, 4.69) is 0 Å². The number of aryl methyl sites for hydroxylation is 1. The first-order chi connectivity index (χ1) is 11.2. The molecule has 0 radical (unpaired) electrons. The molecule has 2 aromatic rings. The zero-order valence-electron chi connectivity index (χ0n) is 13.7. The number of carbonyl (C=O) groups is 1. The number of benzene rings is 2. The largest absolute Gasteiger partial charge is 0.484 e. The van der Waals surface area contributed by atoms with E-state index < -0.39 is 0 Å². The van der Waals surface area contributed by atoms with Crippen molar-refractivity contribution in [1.82, 2.24) is 4.90 Å². The second-order valence-corrected chi connectivity index (χ2v) is 5.40. The van der Waals surface area contributed by atoms with E-state index in [9.17, 15) is 4.79 Å². The van der Waals surface area contributed by atoms with Crippen LogP contribution in [0.2, 0.25) is 0 Å². The Balaban J connectivity index is 1.95. The van der Waals surface area contributed by atoms with Crippen LogP contribution in [-0.2, 0) is 16.1 Å². The van der Waals surface area contributed by atoms with Crippen molar-refractivity contribution in [2.45, 2.75) is 13.5 Å². The molecule has 4 nitrogen and oxygen atoms in total. The van der Waals surface area contributed by atoms with Gasteiger partial charge in [0.2, 0.25) is 0 Å². The average molecular weight is 313 g/mol. The molecule has 0 saturated heterocycles. The molecule has 0 N–H and O–H groups in total. The van der Waals surface area contributed by atoms with Crippen LogP contribution in [-0.4, -0.2) is 37.7 Å². The first-order valence-corrected chi connectivity index (χ1v) is 7.69. The highest BCUT2D eigenvalue weighted by Gasteiger charge is 2.14. The van der Waals surface area contributed by atoms with Crippen molar-refractivity contribution in [1.29, 1.82) is 0 Å². The number of hydrogen-bond donors (Lipinski definition) is 0. The third-order valence-electron chi connectivity index (χ3n) is 3.49. The number of ether oxygens (including phenoxy) is 2. The lowest BCUT2D eigenvalue weighted by Crippen LogP contribution is -2.36. The van der Waals surface area contributed by atoms with Gasteiger partial charge in [0.15, 0.2) is 6.61 Å². The Morgan fingerprint density at radius 2 is 1.87 bits per heavy atom. The van der Waals surface area contributed by atoms with Gasteiger partial charge in [-0.15, -0.1) is 0 Å². The summed E-state index contributed by atoms with van der Waals surface area (Å²) in [7, 11) is 1.63. The molecule has 0 unspecified atom stereocenters. The maximum absolute atomic E-state index is 12.5. The van der Waals surface area contributed by atoms with Gasteiger partial charge in [-0.3, -0.25) is 4.79 Å². The van der Waals surface area contributed by atoms with Crippen molar-refractivity contribution in [2.24, 2.45) is 0 Å². The van der Waals surface area contributed by atoms with Crippen LogP contribution in [0.3, 0.4) is 0 Å². The van der Waals surface area contributed by atoms with E-state index in [0.29, 0.717) is 25.4 Å². The van der Waals surface area contributed by atoms with Gasteiger partial charge in [0, 0.05) is 20.2 Å². The molecule has 23 heavy (non-hydrogen) atoms. The number of hydrogen-bond acceptors (Lipinski definition) is 3. The highest BCUT2D eigenvalue weighted by Crippen LogP contribution is 2.13. The van der Waals surface area contributed by atoms with E-state index in [1.807, 2.05) is 61.5 Å². The number of methoxy groups -OCH3 is 1. The fourth-order valence-corrected chi connectivity index (χ4v) is 2.24. The van der Waals surface area contributed by atoms with E-state index in [4.69, 9.17) is 9.47 Å². The Kier molecular flexibility index (Phi) is 6.63. The van der Waals surface area contributed by atoms with Crippen LogP contribution in [0.25, 0.3) is 0 Å². The van der Waals surface area contributed by atoms with Crippen LogP contribution in [0.4, 0.5) is 0 Å². The minimum Gasteiger partial charge on any atom is -0.484 e. The molecule has 0 atom stereocenters. The van der Waals surface area contributed by atoms with Crippen LogP contribution in [0, 0.1) is 6.92 Å². The zero-order valence-corrected chi connectivity index (χ0v) is 13.7. The molecule has 0 bridgehead atoms. The third-order valence-corrected chi connectivity index (χ3v) is 3.49. The maximum Gasteiger partial charge on any atom is 0.260 e. The molecule has 122 valence electrons. The molecule has 2 aromatic carbocycles. The van der Waals surface area contributed by atoms with E-state index in [-0.39, 0.29) is 12.5 Å². The van der Waals surface area contributed by atoms with Gasteiger partial charge in [0.05, 0.1) is 6.61 Å². The number of amides is 1. The van der Waals surface area contributed by atoms with Crippen molar-refractivity contribution in [3.8, 4) is 5.75 Å². The van der Waals surface area contributed by atoms with Gasteiger partial charge in [-0.2, -0.15) is 0 Å². The molecular weight excluding hydrogens is 290 g/mol. The minimum atomic E-state index is -0.0487. The summed E-state index contributed by atoms with van der Waals surface area (Å²) in [5.41, 5.74) is 2.20. The molecule has 0 heterocycles. The van der Waals surface area contributed by atoms with Crippen molar-refractivity contribution in [3.63, 3.8) is 0 Å². The maximum atomic E-state index is 12.5. The van der Waals surface area contributed by atoms with Gasteiger partial charge in [-0.25, -0.2) is 0 Å². The van der Waals surface area contributed by atoms with Crippen molar-refractivity contribution >= 4 is 5.91 Å². The summed E-state index contributed by atoms with van der Waals surface area (Å²) in [6, 6.07) is 17.6. The molecule has 0 aliphatic carbocycles. The van der Waals surface area contributed by atoms with E-state index in [0.717, 1.165) is 11.1 Å². The summed E-state index contributed by atoms with van der Waals surface area (Å²) in [5, 5.41) is 0. The monoisotopic (exact) mass is 313 g/mol. The summed E-state index contributed by atoms with van der Waals surface area (Å²) in [5.74, 6) is 0.664. The second-order valence-electron chi connectivity index (χ2n) is 5.40. The lowest BCUT2D eigenvalue weighted by molar-refractivity contribution is -0.134. The van der Waals surface area contributed by atoms with Crippen LogP contribution in [0.15, 0.2) is 54.6 Å². The molecule has 4 heteroatoms. The zero-order chi connectivity index (χ0) is 16.5. The second kappa shape index (κ2) is 8.96. The first kappa shape index (κ1) is 17.0. The van der Waals surface area contributed by atoms with Crippen molar-refractivity contribution in [2.75, 3.05) is 26.9 Å². The predicted molar refractivity (Wildman–Crippen MR) is 90.4 cm³/mol. The lowest BCUT2D eigenvalue weighted by atomic mass is 10.2. The third kappa shape index (κ3) is 5.75. The molecule has 0 aliphatic heterocycles. The van der Waals surface area contributed by atoms with Crippen LogP contribution >= 0.6 is 0 Å². The predicted octanol–water partition coefficient (Wildman–Crippen LogP) is 3.05. The fourth-order valence-electron chi connectivity index (χ4n) is 2.24. The molecule has 0 saturated carbocycles. The molecule has 0 aliphatic rings. The molecule has 1 amide bonds. The normalized spacial score (nSPS) is 10.3. The highest BCUT2D eigenvalue weighted by atomic mass is 16.5. The van der Waals surface area contributed by atoms with Crippen LogP contribution in [0.5, 0.6) is 5.75 Å². The van der Waals surface area contributed by atoms with E-state index in [1.165, 1.54) is 0 Å². The van der Waals surface area contributed by atoms with Crippen molar-refractivity contribution < 1.29 is 14.3 Å². The highest BCUT2D eigenvalue weighted by molar-refractivity contribution is 5.77. The molecule has 0 spiro atoms. The summed E-state index contributed by atoms with van der Waals surface area (Å²) >= 11 is 0. The van der Waals surface area contributed by atoms with Gasteiger partial charge in [0.1, 0.15) is 5.75 Å². The molecular formula is C19H23NO3. The Hall–Kier alpha value is -2.33. The number of carbonyl (C=O) groups excluding carboxylic acids is 1. The van der Waals surface area contributed by atoms with Gasteiger partial charge < -0.3 is 14.4 Å². The quantitative estimate of drug-likeness (QED) is 0.752. The van der Waals surface area contributed by atoms with Crippen LogP contribution < -0.4 is 4.74 Å². The van der Waals surface area contributed by atoms with E-state index in [1.54, 1.807) is 12.0 Å². The smallest absolute Gasteiger partial charge is 0.260 e. The number of nitrogens with zero attached hydrogens (tertiary/aromatic N) is 1. The molecule has 0 aromatic heterocycles. The number of rotatable bonds is 8. The Labute approximate surface area is 137 Å². The summed E-state index contributed by atoms with van der Waals surface area (Å²) < 4.78 is 10.7. The van der Waals surface area contributed by atoms with E-state index >= 15 is 0 Å². The summed E-state index contributed by atoms with van der Waals surface area (Å²) in [4.78, 5) is 14.2. The first-order valence-electron chi connectivity index (χ1n) is 7.69. The topological polar surface area (TPSA) is 38.8 Å². The lowest BCUT2D eigenvalue weighted by Gasteiger charge is -2.22. The van der Waals surface area contributed by atoms with Gasteiger partial charge in [-0.05, 0) is 30.2 Å². The van der Waals surface area contributed by atoms with Crippen LogP contribution in [0.1, 0.15) is 11.1 Å². The minimum absolute atomic E-state index is 0.0278. The summed E-state index contributed by atoms with van der Waals surface area (Å²) in [6.45, 7) is 3.62. The fraction of sp³-hybridized carbons (Fsp3) is 0.316.